The molecule has 1 aromatic rings. The van der Waals surface area contributed by atoms with E-state index in [0.717, 1.165) is 16.3 Å². The van der Waals surface area contributed by atoms with Gasteiger partial charge in [0.05, 0.1) is 6.61 Å². The Balaban J connectivity index is 3.17. The predicted octanol–water partition coefficient (Wildman–Crippen LogP) is 3.19. The highest BCUT2D eigenvalue weighted by Crippen LogP contribution is 2.31. The van der Waals surface area contributed by atoms with Gasteiger partial charge >= 0.3 is 0 Å². The molecule has 15 heavy (non-hydrogen) atoms. The van der Waals surface area contributed by atoms with Crippen molar-refractivity contribution in [1.29, 1.82) is 0 Å². The van der Waals surface area contributed by atoms with Gasteiger partial charge in [0.25, 0.3) is 0 Å². The van der Waals surface area contributed by atoms with Crippen molar-refractivity contribution in [3.8, 4) is 5.75 Å². The Bertz CT molecular complexity index is 336. The van der Waals surface area contributed by atoms with Crippen LogP contribution in [0.4, 0.5) is 0 Å². The molecule has 1 rings (SSSR count). The number of halogens is 1. The summed E-state index contributed by atoms with van der Waals surface area (Å²) < 4.78 is 5.58. The van der Waals surface area contributed by atoms with Gasteiger partial charge in [-0.3, -0.25) is 0 Å². The predicted molar refractivity (Wildman–Crippen MR) is 64.7 cm³/mol. The molecule has 0 fully saturated rings. The van der Waals surface area contributed by atoms with Crippen LogP contribution in [0.2, 0.25) is 5.02 Å². The third-order valence-corrected chi connectivity index (χ3v) is 2.77. The summed E-state index contributed by atoms with van der Waals surface area (Å²) in [6.07, 6.45) is 0. The minimum absolute atomic E-state index is 0.143. The number of ether oxygens (including phenoxy) is 1. The summed E-state index contributed by atoms with van der Waals surface area (Å²) in [6, 6.07) is 5.71. The molecular formula is C12H18ClNO. The van der Waals surface area contributed by atoms with Crippen molar-refractivity contribution in [2.75, 3.05) is 13.7 Å². The van der Waals surface area contributed by atoms with Crippen LogP contribution in [-0.2, 0) is 5.54 Å². The summed E-state index contributed by atoms with van der Waals surface area (Å²) in [7, 11) is 1.93. The van der Waals surface area contributed by atoms with E-state index in [1.54, 1.807) is 0 Å². The zero-order valence-corrected chi connectivity index (χ0v) is 10.5. The lowest BCUT2D eigenvalue weighted by Crippen LogP contribution is -2.33. The maximum Gasteiger partial charge on any atom is 0.124 e. The van der Waals surface area contributed by atoms with Crippen LogP contribution < -0.4 is 10.1 Å². The monoisotopic (exact) mass is 227 g/mol. The third-order valence-electron chi connectivity index (χ3n) is 2.54. The Morgan fingerprint density at radius 1 is 1.40 bits per heavy atom. The van der Waals surface area contributed by atoms with E-state index < -0.39 is 0 Å². The van der Waals surface area contributed by atoms with Gasteiger partial charge in [-0.1, -0.05) is 11.6 Å². The molecule has 0 spiro atoms. The first-order chi connectivity index (χ1) is 7.01. The molecule has 0 amide bonds. The average Bonchev–Trinajstić information content (AvgIpc) is 2.21. The van der Waals surface area contributed by atoms with Crippen molar-refractivity contribution >= 4 is 11.6 Å². The molecule has 0 atom stereocenters. The van der Waals surface area contributed by atoms with E-state index in [4.69, 9.17) is 16.3 Å². The lowest BCUT2D eigenvalue weighted by atomic mass is 9.93. The van der Waals surface area contributed by atoms with Crippen LogP contribution in [0.5, 0.6) is 5.75 Å². The second kappa shape index (κ2) is 4.86. The van der Waals surface area contributed by atoms with E-state index in [2.05, 4.69) is 19.2 Å². The number of benzene rings is 1. The average molecular weight is 228 g/mol. The van der Waals surface area contributed by atoms with Crippen LogP contribution in [0.3, 0.4) is 0 Å². The van der Waals surface area contributed by atoms with E-state index in [9.17, 15) is 0 Å². The number of hydrogen-bond donors (Lipinski definition) is 1. The van der Waals surface area contributed by atoms with Gasteiger partial charge in [0.2, 0.25) is 0 Å². The minimum atomic E-state index is -0.143. The Morgan fingerprint density at radius 3 is 2.60 bits per heavy atom. The first-order valence-corrected chi connectivity index (χ1v) is 5.50. The van der Waals surface area contributed by atoms with Gasteiger partial charge in [0.1, 0.15) is 5.75 Å². The number of nitrogens with one attached hydrogen (secondary N) is 1. The fourth-order valence-corrected chi connectivity index (χ4v) is 1.58. The maximum absolute atomic E-state index is 6.00. The molecule has 0 radical (unpaired) electrons. The van der Waals surface area contributed by atoms with Gasteiger partial charge in [-0.15, -0.1) is 0 Å². The molecule has 84 valence electrons. The second-order valence-corrected chi connectivity index (χ2v) is 4.38. The minimum Gasteiger partial charge on any atom is -0.494 e. The molecule has 0 bridgehead atoms. The third kappa shape index (κ3) is 2.86. The van der Waals surface area contributed by atoms with Crippen LogP contribution in [0.15, 0.2) is 18.2 Å². The zero-order chi connectivity index (χ0) is 11.5. The van der Waals surface area contributed by atoms with Crippen LogP contribution in [0.25, 0.3) is 0 Å². The number of hydrogen-bond acceptors (Lipinski definition) is 2. The molecule has 0 aliphatic heterocycles. The van der Waals surface area contributed by atoms with Gasteiger partial charge < -0.3 is 10.1 Å². The highest BCUT2D eigenvalue weighted by Gasteiger charge is 2.22. The van der Waals surface area contributed by atoms with E-state index in [-0.39, 0.29) is 5.54 Å². The highest BCUT2D eigenvalue weighted by atomic mass is 35.5. The Hall–Kier alpha value is -0.730. The zero-order valence-electron chi connectivity index (χ0n) is 9.73. The molecule has 1 aromatic carbocycles. The molecule has 0 saturated heterocycles. The smallest absolute Gasteiger partial charge is 0.124 e. The first kappa shape index (κ1) is 12.3. The quantitative estimate of drug-likeness (QED) is 0.853. The Labute approximate surface area is 96.6 Å². The Kier molecular flexibility index (Phi) is 4.00. The fourth-order valence-electron chi connectivity index (χ4n) is 1.41. The molecule has 2 nitrogen and oxygen atoms in total. The Morgan fingerprint density at radius 2 is 2.07 bits per heavy atom. The SMILES string of the molecule is CCOc1ccc(Cl)cc1C(C)(C)NC. The van der Waals surface area contributed by atoms with Crippen LogP contribution in [-0.4, -0.2) is 13.7 Å². The fraction of sp³-hybridized carbons (Fsp3) is 0.500. The molecule has 0 heterocycles. The second-order valence-electron chi connectivity index (χ2n) is 3.95. The van der Waals surface area contributed by atoms with Crippen LogP contribution in [0.1, 0.15) is 26.3 Å². The summed E-state index contributed by atoms with van der Waals surface area (Å²) in [5, 5.41) is 3.98. The van der Waals surface area contributed by atoms with Crippen LogP contribution >= 0.6 is 11.6 Å². The van der Waals surface area contributed by atoms with Crippen LogP contribution in [0, 0.1) is 0 Å². The molecule has 0 unspecified atom stereocenters. The lowest BCUT2D eigenvalue weighted by molar-refractivity contribution is 0.321. The summed E-state index contributed by atoms with van der Waals surface area (Å²) in [5.74, 6) is 0.890. The van der Waals surface area contributed by atoms with Gasteiger partial charge in [-0.05, 0) is 46.0 Å². The maximum atomic E-state index is 6.00. The molecular weight excluding hydrogens is 210 g/mol. The van der Waals surface area contributed by atoms with E-state index >= 15 is 0 Å². The van der Waals surface area contributed by atoms with Crippen molar-refractivity contribution in [1.82, 2.24) is 5.32 Å². The van der Waals surface area contributed by atoms with Crippen molar-refractivity contribution in [2.45, 2.75) is 26.3 Å². The summed E-state index contributed by atoms with van der Waals surface area (Å²) in [5.41, 5.74) is 0.939. The summed E-state index contributed by atoms with van der Waals surface area (Å²) in [4.78, 5) is 0. The molecule has 1 N–H and O–H groups in total. The van der Waals surface area contributed by atoms with Gasteiger partial charge in [0, 0.05) is 16.1 Å². The van der Waals surface area contributed by atoms with Crippen molar-refractivity contribution < 1.29 is 4.74 Å². The summed E-state index contributed by atoms with van der Waals surface area (Å²) >= 11 is 6.00. The molecule has 0 aliphatic carbocycles. The van der Waals surface area contributed by atoms with Gasteiger partial charge in [0.15, 0.2) is 0 Å². The largest absolute Gasteiger partial charge is 0.494 e. The van der Waals surface area contributed by atoms with Gasteiger partial charge in [-0.2, -0.15) is 0 Å². The molecule has 0 aromatic heterocycles. The topological polar surface area (TPSA) is 21.3 Å². The van der Waals surface area contributed by atoms with E-state index in [1.807, 2.05) is 32.2 Å². The van der Waals surface area contributed by atoms with Crippen molar-refractivity contribution in [3.63, 3.8) is 0 Å². The molecule has 0 aliphatic rings. The molecule has 0 saturated carbocycles. The van der Waals surface area contributed by atoms with Crippen molar-refractivity contribution in [3.05, 3.63) is 28.8 Å². The van der Waals surface area contributed by atoms with E-state index in [1.165, 1.54) is 0 Å². The summed E-state index contributed by atoms with van der Waals surface area (Å²) in [6.45, 7) is 6.83. The first-order valence-electron chi connectivity index (χ1n) is 5.13. The highest BCUT2D eigenvalue weighted by molar-refractivity contribution is 6.30. The normalized spacial score (nSPS) is 11.5. The lowest BCUT2D eigenvalue weighted by Gasteiger charge is -2.27. The standard InChI is InChI=1S/C12H18ClNO/c1-5-15-11-7-6-9(13)8-10(11)12(2,3)14-4/h6-8,14H,5H2,1-4H3. The van der Waals surface area contributed by atoms with Gasteiger partial charge in [-0.25, -0.2) is 0 Å². The molecule has 3 heteroatoms. The van der Waals surface area contributed by atoms with Crippen molar-refractivity contribution in [2.24, 2.45) is 0 Å². The number of rotatable bonds is 4. The van der Waals surface area contributed by atoms with E-state index in [0.29, 0.717) is 6.61 Å².